The van der Waals surface area contributed by atoms with E-state index in [0.29, 0.717) is 6.61 Å². The van der Waals surface area contributed by atoms with Crippen molar-refractivity contribution in [1.29, 1.82) is 0 Å². The van der Waals surface area contributed by atoms with Crippen LogP contribution < -0.4 is 0 Å². The van der Waals surface area contributed by atoms with Crippen LogP contribution in [0.3, 0.4) is 0 Å². The van der Waals surface area contributed by atoms with Crippen molar-refractivity contribution in [3.05, 3.63) is 12.2 Å². The van der Waals surface area contributed by atoms with E-state index in [1.807, 2.05) is 0 Å². The second-order valence-electron chi connectivity index (χ2n) is 3.57. The van der Waals surface area contributed by atoms with Crippen LogP contribution in [0, 0.1) is 0 Å². The van der Waals surface area contributed by atoms with E-state index in [1.54, 1.807) is 0 Å². The zero-order valence-electron chi connectivity index (χ0n) is 6.68. The van der Waals surface area contributed by atoms with E-state index in [0.717, 1.165) is 24.8 Å². The highest BCUT2D eigenvalue weighted by atomic mass is 16.5. The van der Waals surface area contributed by atoms with Crippen LogP contribution in [0.5, 0.6) is 0 Å². The van der Waals surface area contributed by atoms with Gasteiger partial charge < -0.3 is 9.84 Å². The Kier molecular flexibility index (Phi) is 1.55. The first-order valence-corrected chi connectivity index (χ1v) is 4.26. The van der Waals surface area contributed by atoms with Crippen LogP contribution in [0.2, 0.25) is 0 Å². The predicted molar refractivity (Wildman–Crippen MR) is 42.3 cm³/mol. The smallest absolute Gasteiger partial charge is 0.114 e. The fourth-order valence-corrected chi connectivity index (χ4v) is 2.08. The zero-order chi connectivity index (χ0) is 7.90. The molecular formula is C9H14O2. The second-order valence-corrected chi connectivity index (χ2v) is 3.57. The summed E-state index contributed by atoms with van der Waals surface area (Å²) in [7, 11) is 0. The first kappa shape index (κ1) is 7.32. The number of fused-ring (bicyclic) bond motifs is 1. The van der Waals surface area contributed by atoms with E-state index in [4.69, 9.17) is 4.74 Å². The maximum atomic E-state index is 10.1. The summed E-state index contributed by atoms with van der Waals surface area (Å²) in [6, 6.07) is 0. The maximum absolute atomic E-state index is 10.1. The summed E-state index contributed by atoms with van der Waals surface area (Å²) in [5.41, 5.74) is 0.209. The van der Waals surface area contributed by atoms with Gasteiger partial charge in [0.05, 0.1) is 12.7 Å². The van der Waals surface area contributed by atoms with Gasteiger partial charge in [-0.15, -0.1) is 0 Å². The van der Waals surface area contributed by atoms with Crippen LogP contribution in [0.4, 0.5) is 0 Å². The standard InChI is InChI=1S/C9H14O2/c1-7-6-11-8-4-2-3-5-9(7,8)10/h8,10H,1-6H2/t8-,9+/m1/s1. The molecule has 0 spiro atoms. The van der Waals surface area contributed by atoms with Gasteiger partial charge in [-0.2, -0.15) is 0 Å². The molecule has 2 aliphatic rings. The summed E-state index contributed by atoms with van der Waals surface area (Å²) in [6.07, 6.45) is 4.17. The Labute approximate surface area is 66.9 Å². The molecule has 2 rings (SSSR count). The Morgan fingerprint density at radius 1 is 1.55 bits per heavy atom. The van der Waals surface area contributed by atoms with Gasteiger partial charge in [-0.25, -0.2) is 0 Å². The van der Waals surface area contributed by atoms with Gasteiger partial charge in [-0.05, 0) is 18.4 Å². The number of hydrogen-bond donors (Lipinski definition) is 1. The fourth-order valence-electron chi connectivity index (χ4n) is 2.08. The number of ether oxygens (including phenoxy) is 1. The SMILES string of the molecule is C=C1CO[C@@H]2CCCC[C@]12O. The van der Waals surface area contributed by atoms with E-state index in [-0.39, 0.29) is 6.10 Å². The van der Waals surface area contributed by atoms with Crippen LogP contribution in [0.15, 0.2) is 12.2 Å². The summed E-state index contributed by atoms with van der Waals surface area (Å²) in [4.78, 5) is 0. The minimum absolute atomic E-state index is 0.0451. The molecule has 0 aromatic carbocycles. The third-order valence-electron chi connectivity index (χ3n) is 2.88. The van der Waals surface area contributed by atoms with Gasteiger partial charge in [-0.3, -0.25) is 0 Å². The van der Waals surface area contributed by atoms with E-state index >= 15 is 0 Å². The molecule has 62 valence electrons. The van der Waals surface area contributed by atoms with Crippen LogP contribution in [0.1, 0.15) is 25.7 Å². The highest BCUT2D eigenvalue weighted by molar-refractivity contribution is 5.21. The molecule has 0 bridgehead atoms. The van der Waals surface area contributed by atoms with Crippen molar-refractivity contribution in [2.24, 2.45) is 0 Å². The van der Waals surface area contributed by atoms with Gasteiger partial charge >= 0.3 is 0 Å². The molecule has 1 N–H and O–H groups in total. The number of aliphatic hydroxyl groups is 1. The van der Waals surface area contributed by atoms with E-state index in [9.17, 15) is 5.11 Å². The lowest BCUT2D eigenvalue weighted by atomic mass is 9.80. The molecule has 2 atom stereocenters. The fraction of sp³-hybridized carbons (Fsp3) is 0.778. The molecule has 0 amide bonds. The summed E-state index contributed by atoms with van der Waals surface area (Å²) in [5, 5.41) is 10.1. The minimum atomic E-state index is -0.668. The molecule has 11 heavy (non-hydrogen) atoms. The number of hydrogen-bond acceptors (Lipinski definition) is 2. The van der Waals surface area contributed by atoms with Gasteiger partial charge in [0.2, 0.25) is 0 Å². The van der Waals surface area contributed by atoms with Gasteiger partial charge in [0.1, 0.15) is 5.60 Å². The van der Waals surface area contributed by atoms with E-state index in [2.05, 4.69) is 6.58 Å². The number of rotatable bonds is 0. The molecule has 2 nitrogen and oxygen atoms in total. The van der Waals surface area contributed by atoms with Crippen molar-refractivity contribution >= 4 is 0 Å². The Morgan fingerprint density at radius 2 is 2.36 bits per heavy atom. The van der Waals surface area contributed by atoms with Crippen LogP contribution >= 0.6 is 0 Å². The third-order valence-corrected chi connectivity index (χ3v) is 2.88. The molecule has 0 aromatic rings. The highest BCUT2D eigenvalue weighted by Crippen LogP contribution is 2.40. The minimum Gasteiger partial charge on any atom is -0.383 e. The maximum Gasteiger partial charge on any atom is 0.114 e. The van der Waals surface area contributed by atoms with Crippen molar-refractivity contribution in [2.75, 3.05) is 6.61 Å². The molecule has 1 saturated heterocycles. The molecule has 2 heteroatoms. The van der Waals surface area contributed by atoms with Gasteiger partial charge in [0, 0.05) is 0 Å². The lowest BCUT2D eigenvalue weighted by Crippen LogP contribution is -2.41. The molecule has 1 saturated carbocycles. The van der Waals surface area contributed by atoms with Crippen LogP contribution in [0.25, 0.3) is 0 Å². The Bertz CT molecular complexity index is 188. The average molecular weight is 154 g/mol. The molecular weight excluding hydrogens is 140 g/mol. The van der Waals surface area contributed by atoms with Crippen molar-refractivity contribution in [1.82, 2.24) is 0 Å². The Morgan fingerprint density at radius 3 is 3.09 bits per heavy atom. The quantitative estimate of drug-likeness (QED) is 0.532. The Hall–Kier alpha value is -0.340. The van der Waals surface area contributed by atoms with Gasteiger partial charge in [0.15, 0.2) is 0 Å². The molecule has 2 fully saturated rings. The monoisotopic (exact) mass is 154 g/mol. The molecule has 0 unspecified atom stereocenters. The zero-order valence-corrected chi connectivity index (χ0v) is 6.68. The van der Waals surface area contributed by atoms with Crippen molar-refractivity contribution in [2.45, 2.75) is 37.4 Å². The van der Waals surface area contributed by atoms with Crippen molar-refractivity contribution in [3.8, 4) is 0 Å². The largest absolute Gasteiger partial charge is 0.383 e. The molecule has 1 aliphatic heterocycles. The first-order chi connectivity index (χ1) is 5.23. The Balaban J connectivity index is 2.23. The predicted octanol–water partition coefficient (Wildman–Crippen LogP) is 1.25. The van der Waals surface area contributed by atoms with Gasteiger partial charge in [-0.1, -0.05) is 19.4 Å². The molecule has 0 aromatic heterocycles. The highest BCUT2D eigenvalue weighted by Gasteiger charge is 2.46. The summed E-state index contributed by atoms with van der Waals surface area (Å²) in [6.45, 7) is 4.39. The normalized spacial score (nSPS) is 44.1. The third kappa shape index (κ3) is 0.932. The lowest BCUT2D eigenvalue weighted by molar-refractivity contribution is -0.0528. The van der Waals surface area contributed by atoms with Crippen LogP contribution in [-0.2, 0) is 4.74 Å². The van der Waals surface area contributed by atoms with Crippen molar-refractivity contribution < 1.29 is 9.84 Å². The van der Waals surface area contributed by atoms with Gasteiger partial charge in [0.25, 0.3) is 0 Å². The van der Waals surface area contributed by atoms with E-state index < -0.39 is 5.60 Å². The first-order valence-electron chi connectivity index (χ1n) is 4.26. The molecule has 1 aliphatic carbocycles. The molecule has 0 radical (unpaired) electrons. The lowest BCUT2D eigenvalue weighted by Gasteiger charge is -2.33. The topological polar surface area (TPSA) is 29.5 Å². The molecule has 1 heterocycles. The summed E-state index contributed by atoms with van der Waals surface area (Å²) in [5.74, 6) is 0. The van der Waals surface area contributed by atoms with Crippen LogP contribution in [-0.4, -0.2) is 23.4 Å². The van der Waals surface area contributed by atoms with Crippen molar-refractivity contribution in [3.63, 3.8) is 0 Å². The summed E-state index contributed by atoms with van der Waals surface area (Å²) >= 11 is 0. The van der Waals surface area contributed by atoms with E-state index in [1.165, 1.54) is 6.42 Å². The second kappa shape index (κ2) is 2.32. The average Bonchev–Trinajstić information content (AvgIpc) is 2.29. The summed E-state index contributed by atoms with van der Waals surface area (Å²) < 4.78 is 5.42.